The molecular formula is C8H6BF3. The lowest BCUT2D eigenvalue weighted by Crippen LogP contribution is -2.08. The zero-order valence-corrected chi connectivity index (χ0v) is 6.23. The molecule has 1 aromatic carbocycles. The Balaban J connectivity index is 3.14. The smallest absolute Gasteiger partial charge is 0.166 e. The average molecular weight is 170 g/mol. The van der Waals surface area contributed by atoms with Crippen LogP contribution in [0.2, 0.25) is 0 Å². The number of rotatable bonds is 1. The molecule has 2 radical (unpaired) electrons. The van der Waals surface area contributed by atoms with E-state index in [4.69, 9.17) is 7.85 Å². The van der Waals surface area contributed by atoms with Crippen LogP contribution in [0.1, 0.15) is 11.1 Å². The molecule has 0 saturated heterocycles. The van der Waals surface area contributed by atoms with Crippen molar-refractivity contribution in [3.05, 3.63) is 35.4 Å². The van der Waals surface area contributed by atoms with Crippen LogP contribution in [-0.2, 0) is 12.5 Å². The lowest BCUT2D eigenvalue weighted by atomic mass is 9.93. The Labute approximate surface area is 69.8 Å². The summed E-state index contributed by atoms with van der Waals surface area (Å²) in [5.74, 6) is 0. The summed E-state index contributed by atoms with van der Waals surface area (Å²) >= 11 is 0. The normalized spacial score (nSPS) is 11.6. The molecule has 0 aliphatic carbocycles. The minimum Gasteiger partial charge on any atom is -0.166 e. The van der Waals surface area contributed by atoms with Gasteiger partial charge in [0, 0.05) is 0 Å². The molecule has 1 aromatic rings. The molecule has 4 heteroatoms. The van der Waals surface area contributed by atoms with Crippen LogP contribution in [0.5, 0.6) is 0 Å². The second kappa shape index (κ2) is 3.21. The first kappa shape index (κ1) is 9.17. The molecule has 0 fully saturated rings. The second-order valence-electron chi connectivity index (χ2n) is 2.36. The Morgan fingerprint density at radius 2 is 1.75 bits per heavy atom. The number of halogens is 3. The minimum absolute atomic E-state index is 0.0876. The molecule has 12 heavy (non-hydrogen) atoms. The van der Waals surface area contributed by atoms with E-state index in [1.807, 2.05) is 0 Å². The molecule has 1 rings (SSSR count). The highest BCUT2D eigenvalue weighted by molar-refractivity contribution is 6.08. The Morgan fingerprint density at radius 1 is 1.17 bits per heavy atom. The molecule has 0 heterocycles. The van der Waals surface area contributed by atoms with Gasteiger partial charge in [-0.25, -0.2) is 0 Å². The van der Waals surface area contributed by atoms with Gasteiger partial charge in [-0.15, -0.1) is 0 Å². The standard InChI is InChI=1S/C8H6BF3/c9-5-6-3-1-2-4-7(6)8(10,11)12/h1-4H,5H2. The predicted molar refractivity (Wildman–Crippen MR) is 40.9 cm³/mol. The number of benzene rings is 1. The number of alkyl halides is 3. The molecular weight excluding hydrogens is 164 g/mol. The van der Waals surface area contributed by atoms with Gasteiger partial charge < -0.3 is 0 Å². The summed E-state index contributed by atoms with van der Waals surface area (Å²) in [4.78, 5) is 0. The highest BCUT2D eigenvalue weighted by Crippen LogP contribution is 2.31. The predicted octanol–water partition coefficient (Wildman–Crippen LogP) is 2.37. The summed E-state index contributed by atoms with van der Waals surface area (Å²) in [6.45, 7) is 0. The van der Waals surface area contributed by atoms with Gasteiger partial charge in [0.1, 0.15) is 0 Å². The molecule has 0 aliphatic heterocycles. The Hall–Kier alpha value is -0.925. The molecule has 0 amide bonds. The Kier molecular flexibility index (Phi) is 2.45. The van der Waals surface area contributed by atoms with Crippen LogP contribution in [0.3, 0.4) is 0 Å². The lowest BCUT2D eigenvalue weighted by Gasteiger charge is -2.10. The van der Waals surface area contributed by atoms with Crippen molar-refractivity contribution >= 4 is 7.85 Å². The molecule has 0 saturated carbocycles. The summed E-state index contributed by atoms with van der Waals surface area (Å²) in [5, 5.41) is 0. The van der Waals surface area contributed by atoms with E-state index in [9.17, 15) is 13.2 Å². The van der Waals surface area contributed by atoms with Crippen molar-refractivity contribution in [3.63, 3.8) is 0 Å². The van der Waals surface area contributed by atoms with E-state index < -0.39 is 11.7 Å². The van der Waals surface area contributed by atoms with Crippen molar-refractivity contribution in [2.45, 2.75) is 12.5 Å². The van der Waals surface area contributed by atoms with E-state index in [0.29, 0.717) is 0 Å². The highest BCUT2D eigenvalue weighted by atomic mass is 19.4. The van der Waals surface area contributed by atoms with Crippen molar-refractivity contribution in [1.82, 2.24) is 0 Å². The van der Waals surface area contributed by atoms with Crippen LogP contribution in [0, 0.1) is 0 Å². The Bertz CT molecular complexity index is 267. The van der Waals surface area contributed by atoms with Gasteiger partial charge in [0.05, 0.1) is 13.4 Å². The topological polar surface area (TPSA) is 0 Å². The summed E-state index contributed by atoms with van der Waals surface area (Å²) in [7, 11) is 5.15. The zero-order chi connectivity index (χ0) is 9.19. The first-order chi connectivity index (χ1) is 5.55. The maximum absolute atomic E-state index is 12.2. The maximum Gasteiger partial charge on any atom is 0.416 e. The van der Waals surface area contributed by atoms with Crippen molar-refractivity contribution in [3.8, 4) is 0 Å². The monoisotopic (exact) mass is 170 g/mol. The first-order valence-electron chi connectivity index (χ1n) is 3.41. The van der Waals surface area contributed by atoms with Gasteiger partial charge in [-0.05, 0) is 11.6 Å². The van der Waals surface area contributed by atoms with Crippen LogP contribution < -0.4 is 0 Å². The van der Waals surface area contributed by atoms with Crippen molar-refractivity contribution in [2.75, 3.05) is 0 Å². The minimum atomic E-state index is -4.30. The van der Waals surface area contributed by atoms with Gasteiger partial charge in [0.25, 0.3) is 0 Å². The van der Waals surface area contributed by atoms with Crippen molar-refractivity contribution in [2.24, 2.45) is 0 Å². The fourth-order valence-corrected chi connectivity index (χ4v) is 0.975. The van der Waals surface area contributed by atoms with Crippen LogP contribution in [-0.4, -0.2) is 7.85 Å². The van der Waals surface area contributed by atoms with Gasteiger partial charge in [0.2, 0.25) is 0 Å². The highest BCUT2D eigenvalue weighted by Gasteiger charge is 2.32. The third-order valence-electron chi connectivity index (χ3n) is 1.54. The Morgan fingerprint density at radius 3 is 2.17 bits per heavy atom. The number of hydrogen-bond donors (Lipinski definition) is 0. The van der Waals surface area contributed by atoms with E-state index >= 15 is 0 Å². The summed E-state index contributed by atoms with van der Waals surface area (Å²) in [6, 6.07) is 5.30. The van der Waals surface area contributed by atoms with Gasteiger partial charge in [-0.1, -0.05) is 24.5 Å². The largest absolute Gasteiger partial charge is 0.416 e. The van der Waals surface area contributed by atoms with E-state index in [1.165, 1.54) is 18.2 Å². The van der Waals surface area contributed by atoms with Crippen molar-refractivity contribution in [1.29, 1.82) is 0 Å². The van der Waals surface area contributed by atoms with Crippen LogP contribution in [0.15, 0.2) is 24.3 Å². The quantitative estimate of drug-likeness (QED) is 0.567. The van der Waals surface area contributed by atoms with E-state index in [-0.39, 0.29) is 11.9 Å². The second-order valence-corrected chi connectivity index (χ2v) is 2.36. The first-order valence-corrected chi connectivity index (χ1v) is 3.41. The number of hydrogen-bond acceptors (Lipinski definition) is 0. The third-order valence-corrected chi connectivity index (χ3v) is 1.54. The summed E-state index contributed by atoms with van der Waals surface area (Å²) in [5.41, 5.74) is -0.516. The molecule has 0 unspecified atom stereocenters. The van der Waals surface area contributed by atoms with E-state index in [1.54, 1.807) is 0 Å². The molecule has 0 nitrogen and oxygen atoms in total. The summed E-state index contributed by atoms with van der Waals surface area (Å²) < 4.78 is 36.5. The van der Waals surface area contributed by atoms with Crippen molar-refractivity contribution < 1.29 is 13.2 Å². The fraction of sp³-hybridized carbons (Fsp3) is 0.250. The van der Waals surface area contributed by atoms with Gasteiger partial charge in [0.15, 0.2) is 0 Å². The van der Waals surface area contributed by atoms with E-state index in [2.05, 4.69) is 0 Å². The molecule has 0 spiro atoms. The van der Waals surface area contributed by atoms with Gasteiger partial charge >= 0.3 is 6.18 Å². The van der Waals surface area contributed by atoms with Gasteiger partial charge in [-0.3, -0.25) is 0 Å². The van der Waals surface area contributed by atoms with Crippen LogP contribution >= 0.6 is 0 Å². The zero-order valence-electron chi connectivity index (χ0n) is 6.23. The van der Waals surface area contributed by atoms with Gasteiger partial charge in [-0.2, -0.15) is 13.2 Å². The molecule has 0 aliphatic rings. The van der Waals surface area contributed by atoms with E-state index in [0.717, 1.165) is 6.07 Å². The fourth-order valence-electron chi connectivity index (χ4n) is 0.975. The summed E-state index contributed by atoms with van der Waals surface area (Å²) in [6.07, 6.45) is -4.38. The SMILES string of the molecule is [B]Cc1ccccc1C(F)(F)F. The maximum atomic E-state index is 12.2. The average Bonchev–Trinajstić information content (AvgIpc) is 2.03. The molecule has 0 atom stereocenters. The van der Waals surface area contributed by atoms with Crippen LogP contribution in [0.25, 0.3) is 0 Å². The molecule has 0 bridgehead atoms. The molecule has 62 valence electrons. The lowest BCUT2D eigenvalue weighted by molar-refractivity contribution is -0.138. The molecule has 0 N–H and O–H groups in total. The third kappa shape index (κ3) is 1.81. The van der Waals surface area contributed by atoms with Crippen LogP contribution in [0.4, 0.5) is 13.2 Å². The molecule has 0 aromatic heterocycles.